The fourth-order valence-corrected chi connectivity index (χ4v) is 5.72. The number of hydrogen-bond donors (Lipinski definition) is 1. The summed E-state index contributed by atoms with van der Waals surface area (Å²) in [5.74, 6) is -5.27. The number of ether oxygens (including phenoxy) is 2. The number of esters is 2. The zero-order valence-corrected chi connectivity index (χ0v) is 26.2. The van der Waals surface area contributed by atoms with E-state index < -0.39 is 56.1 Å². The minimum atomic E-state index is -6.08. The van der Waals surface area contributed by atoms with E-state index in [9.17, 15) is 45.1 Å². The maximum absolute atomic E-state index is 14.4. The van der Waals surface area contributed by atoms with Crippen molar-refractivity contribution in [3.63, 3.8) is 0 Å². The van der Waals surface area contributed by atoms with E-state index in [1.54, 1.807) is 19.9 Å². The number of halogens is 5. The van der Waals surface area contributed by atoms with Crippen LogP contribution < -0.4 is 4.18 Å². The fraction of sp³-hybridized carbons (Fsp3) is 0.455. The second-order valence-electron chi connectivity index (χ2n) is 11.7. The molecule has 0 saturated carbocycles. The molecule has 2 aliphatic rings. The Morgan fingerprint density at radius 3 is 1.55 bits per heavy atom. The Hall–Kier alpha value is -3.94. The van der Waals surface area contributed by atoms with Crippen molar-refractivity contribution < 1.29 is 58.7 Å². The number of benzene rings is 2. The summed E-state index contributed by atoms with van der Waals surface area (Å²) < 4.78 is 102. The van der Waals surface area contributed by atoms with Gasteiger partial charge in [-0.1, -0.05) is 54.7 Å². The molecule has 262 valence electrons. The minimum Gasteiger partial charge on any atom is -0.504 e. The number of phenolic OH excluding ortho intramolecular Hbond substituents is 1. The topological polar surface area (TPSA) is 116 Å². The standard InChI is InChI=1S/C16H16F4O5S.C15H17FO3.2CH4/c1-15(2)6-4-5-11(15)10-7-9(14(21)24-3)8-12(17)13(10)25-26(22,23)16(18,19)20;1-15(2)6-4-5-11(15)10-7-9(14(18)19-3)8-12(16)13(10)17;;/h5,7-8H,4,6H2,1-3H3;5,7-8,17H,4,6H2,1-3H3;2*1H4. The smallest absolute Gasteiger partial charge is 0.504 e. The van der Waals surface area contributed by atoms with Crippen LogP contribution in [-0.2, 0) is 19.6 Å². The number of phenols is 1. The van der Waals surface area contributed by atoms with E-state index in [1.165, 1.54) is 13.2 Å². The molecule has 8 nitrogen and oxygen atoms in total. The molecule has 2 aromatic carbocycles. The minimum absolute atomic E-state index is 0. The van der Waals surface area contributed by atoms with Crippen LogP contribution in [0.25, 0.3) is 11.1 Å². The Labute approximate surface area is 272 Å². The van der Waals surface area contributed by atoms with Gasteiger partial charge >= 0.3 is 27.6 Å². The molecule has 0 spiro atoms. The quantitative estimate of drug-likeness (QED) is 0.138. The zero-order valence-electron chi connectivity index (χ0n) is 25.4. The second kappa shape index (κ2) is 14.9. The van der Waals surface area contributed by atoms with Crippen LogP contribution in [-0.4, -0.2) is 45.2 Å². The molecule has 14 heteroatoms. The molecule has 4 rings (SSSR count). The van der Waals surface area contributed by atoms with Gasteiger partial charge in [-0.15, -0.1) is 0 Å². The maximum Gasteiger partial charge on any atom is 0.534 e. The van der Waals surface area contributed by atoms with E-state index in [4.69, 9.17) is 0 Å². The third-order valence-corrected chi connectivity index (χ3v) is 8.65. The van der Waals surface area contributed by atoms with Crippen LogP contribution in [0.4, 0.5) is 22.0 Å². The molecule has 0 atom stereocenters. The first kappa shape index (κ1) is 41.1. The highest BCUT2D eigenvalue weighted by Gasteiger charge is 2.49. The number of aromatic hydroxyl groups is 1. The van der Waals surface area contributed by atoms with Gasteiger partial charge in [0.25, 0.3) is 0 Å². The van der Waals surface area contributed by atoms with Crippen molar-refractivity contribution in [3.8, 4) is 11.5 Å². The molecule has 2 aromatic rings. The van der Waals surface area contributed by atoms with Gasteiger partial charge in [0.15, 0.2) is 23.1 Å². The largest absolute Gasteiger partial charge is 0.534 e. The predicted octanol–water partition coefficient (Wildman–Crippen LogP) is 8.84. The molecular formula is C33H41F5O8S. The number of carbonyl (C=O) groups excluding carboxylic acids is 2. The Balaban J connectivity index is 0.000000470. The normalized spacial score (nSPS) is 16.3. The molecule has 0 bridgehead atoms. The predicted molar refractivity (Wildman–Crippen MR) is 168 cm³/mol. The van der Waals surface area contributed by atoms with Crippen molar-refractivity contribution in [3.05, 3.63) is 70.3 Å². The molecule has 0 unspecified atom stereocenters. The SMILES string of the molecule is C.C.COC(=O)c1cc(F)c(O)c(C2=CCCC2(C)C)c1.COC(=O)c1cc(F)c(OS(=O)(=O)C(F)(F)F)c(C2=CCCC2(C)C)c1. The Morgan fingerprint density at radius 2 is 1.17 bits per heavy atom. The zero-order chi connectivity index (χ0) is 34.1. The van der Waals surface area contributed by atoms with E-state index in [-0.39, 0.29) is 37.0 Å². The maximum atomic E-state index is 14.4. The van der Waals surface area contributed by atoms with Crippen LogP contribution in [0.3, 0.4) is 0 Å². The number of hydrogen-bond acceptors (Lipinski definition) is 8. The van der Waals surface area contributed by atoms with Crippen LogP contribution >= 0.6 is 0 Å². The van der Waals surface area contributed by atoms with Crippen LogP contribution in [0.2, 0.25) is 0 Å². The molecule has 1 N–H and O–H groups in total. The lowest BCUT2D eigenvalue weighted by Crippen LogP contribution is -2.29. The highest BCUT2D eigenvalue weighted by molar-refractivity contribution is 7.88. The third-order valence-electron chi connectivity index (χ3n) is 7.70. The monoisotopic (exact) mass is 692 g/mol. The molecule has 47 heavy (non-hydrogen) atoms. The number of rotatable bonds is 6. The summed E-state index contributed by atoms with van der Waals surface area (Å²) in [6.45, 7) is 7.59. The third kappa shape index (κ3) is 8.70. The molecule has 0 aromatic heterocycles. The summed E-state index contributed by atoms with van der Waals surface area (Å²) in [6, 6.07) is 4.12. The number of allylic oxidation sites excluding steroid dienone is 4. The van der Waals surface area contributed by atoms with Gasteiger partial charge in [-0.2, -0.15) is 21.6 Å². The van der Waals surface area contributed by atoms with Gasteiger partial charge < -0.3 is 18.8 Å². The van der Waals surface area contributed by atoms with Gasteiger partial charge in [-0.3, -0.25) is 0 Å². The van der Waals surface area contributed by atoms with E-state index in [0.29, 0.717) is 30.0 Å². The van der Waals surface area contributed by atoms with Crippen molar-refractivity contribution in [2.45, 2.75) is 73.7 Å². The summed E-state index contributed by atoms with van der Waals surface area (Å²) in [7, 11) is -3.79. The summed E-state index contributed by atoms with van der Waals surface area (Å²) in [6.07, 6.45) is 6.60. The van der Waals surface area contributed by atoms with Crippen molar-refractivity contribution in [1.29, 1.82) is 0 Å². The van der Waals surface area contributed by atoms with E-state index >= 15 is 0 Å². The molecule has 2 aliphatic carbocycles. The average Bonchev–Trinajstić information content (AvgIpc) is 3.49. The van der Waals surface area contributed by atoms with Crippen molar-refractivity contribution >= 4 is 33.2 Å². The fourth-order valence-electron chi connectivity index (χ4n) is 5.24. The van der Waals surface area contributed by atoms with Crippen molar-refractivity contribution in [2.24, 2.45) is 10.8 Å². The van der Waals surface area contributed by atoms with Crippen LogP contribution in [0.5, 0.6) is 11.5 Å². The summed E-state index contributed by atoms with van der Waals surface area (Å²) >= 11 is 0. The summed E-state index contributed by atoms with van der Waals surface area (Å²) in [5.41, 5.74) is -5.22. The first-order chi connectivity index (χ1) is 20.7. The Bertz CT molecular complexity index is 1670. The Kier molecular flexibility index (Phi) is 13.0. The number of alkyl halides is 3. The molecule has 0 saturated heterocycles. The molecule has 0 fully saturated rings. The van der Waals surface area contributed by atoms with Crippen LogP contribution in [0.1, 0.15) is 100 Å². The Morgan fingerprint density at radius 1 is 0.766 bits per heavy atom. The van der Waals surface area contributed by atoms with Crippen molar-refractivity contribution in [1.82, 2.24) is 0 Å². The van der Waals surface area contributed by atoms with Gasteiger partial charge in [0, 0.05) is 11.1 Å². The lowest BCUT2D eigenvalue weighted by atomic mass is 9.81. The van der Waals surface area contributed by atoms with E-state index in [0.717, 1.165) is 37.7 Å². The van der Waals surface area contributed by atoms with E-state index in [2.05, 4.69) is 13.7 Å². The highest BCUT2D eigenvalue weighted by atomic mass is 32.2. The van der Waals surface area contributed by atoms with Gasteiger partial charge in [0.1, 0.15) is 0 Å². The van der Waals surface area contributed by atoms with Crippen LogP contribution in [0.15, 0.2) is 36.4 Å². The average molecular weight is 693 g/mol. The number of methoxy groups -OCH3 is 2. The van der Waals surface area contributed by atoms with Gasteiger partial charge in [0.2, 0.25) is 0 Å². The van der Waals surface area contributed by atoms with Gasteiger partial charge in [-0.25, -0.2) is 18.4 Å². The van der Waals surface area contributed by atoms with E-state index in [1.807, 2.05) is 19.9 Å². The molecule has 0 heterocycles. The first-order valence-electron chi connectivity index (χ1n) is 13.6. The number of carbonyl (C=O) groups is 2. The molecule has 0 aliphatic heterocycles. The molecular weight excluding hydrogens is 651 g/mol. The lowest BCUT2D eigenvalue weighted by molar-refractivity contribution is -0.0501. The van der Waals surface area contributed by atoms with Gasteiger partial charge in [-0.05, 0) is 71.9 Å². The lowest BCUT2D eigenvalue weighted by Gasteiger charge is -2.25. The van der Waals surface area contributed by atoms with Crippen LogP contribution in [0, 0.1) is 22.5 Å². The highest BCUT2D eigenvalue weighted by Crippen LogP contribution is 2.49. The summed E-state index contributed by atoms with van der Waals surface area (Å²) in [5, 5.41) is 9.90. The van der Waals surface area contributed by atoms with Crippen molar-refractivity contribution in [2.75, 3.05) is 14.2 Å². The second-order valence-corrected chi connectivity index (χ2v) is 13.3. The van der Waals surface area contributed by atoms with Gasteiger partial charge in [0.05, 0.1) is 25.3 Å². The summed E-state index contributed by atoms with van der Waals surface area (Å²) in [4.78, 5) is 23.2. The first-order valence-corrected chi connectivity index (χ1v) is 15.0. The molecule has 0 amide bonds. The molecule has 0 radical (unpaired) electrons.